The molecule has 2 aromatic rings. The summed E-state index contributed by atoms with van der Waals surface area (Å²) in [6, 6.07) is 13.0. The minimum Gasteiger partial charge on any atom is -0.318 e. The van der Waals surface area contributed by atoms with Gasteiger partial charge in [0.1, 0.15) is 0 Å². The molecular weight excluding hydrogens is 184 g/mol. The van der Waals surface area contributed by atoms with Gasteiger partial charge in [0.2, 0.25) is 0 Å². The van der Waals surface area contributed by atoms with Crippen LogP contribution in [0.5, 0.6) is 0 Å². The lowest BCUT2D eigenvalue weighted by Crippen LogP contribution is -2.23. The molecule has 1 heterocycles. The van der Waals surface area contributed by atoms with Crippen LogP contribution in [0.4, 0.5) is 0 Å². The van der Waals surface area contributed by atoms with Crippen molar-refractivity contribution < 1.29 is 0 Å². The molecule has 1 aliphatic heterocycles. The standard InChI is InChI=1S/C13H14N2/c14-9-15-7-11-6-5-10-3-1-2-4-12(10)13(11)8-15/h1-6H,7-9,14H2. The largest absolute Gasteiger partial charge is 0.318 e. The first kappa shape index (κ1) is 8.89. The number of benzene rings is 2. The van der Waals surface area contributed by atoms with Gasteiger partial charge in [0.25, 0.3) is 0 Å². The predicted molar refractivity (Wildman–Crippen MR) is 62.2 cm³/mol. The highest BCUT2D eigenvalue weighted by molar-refractivity contribution is 5.87. The number of nitrogens with zero attached hydrogens (tertiary/aromatic N) is 1. The van der Waals surface area contributed by atoms with Crippen molar-refractivity contribution in [2.45, 2.75) is 13.1 Å². The zero-order chi connectivity index (χ0) is 10.3. The molecule has 2 heteroatoms. The third-order valence-corrected chi connectivity index (χ3v) is 3.17. The Morgan fingerprint density at radius 2 is 1.93 bits per heavy atom. The molecule has 1 aliphatic rings. The van der Waals surface area contributed by atoms with Gasteiger partial charge in [-0.25, -0.2) is 0 Å². The second-order valence-corrected chi connectivity index (χ2v) is 4.09. The molecule has 0 spiro atoms. The van der Waals surface area contributed by atoms with E-state index < -0.39 is 0 Å². The van der Waals surface area contributed by atoms with Gasteiger partial charge < -0.3 is 5.73 Å². The molecule has 0 radical (unpaired) electrons. The number of fused-ring (bicyclic) bond motifs is 3. The summed E-state index contributed by atoms with van der Waals surface area (Å²) in [6.07, 6.45) is 0. The lowest BCUT2D eigenvalue weighted by atomic mass is 10.0. The zero-order valence-corrected chi connectivity index (χ0v) is 8.61. The predicted octanol–water partition coefficient (Wildman–Crippen LogP) is 2.07. The van der Waals surface area contributed by atoms with Crippen molar-refractivity contribution in [3.05, 3.63) is 47.5 Å². The van der Waals surface area contributed by atoms with Crippen molar-refractivity contribution in [3.63, 3.8) is 0 Å². The highest BCUT2D eigenvalue weighted by Gasteiger charge is 2.19. The second kappa shape index (κ2) is 3.33. The lowest BCUT2D eigenvalue weighted by Gasteiger charge is -2.09. The van der Waals surface area contributed by atoms with Crippen molar-refractivity contribution in [3.8, 4) is 0 Å². The average molecular weight is 198 g/mol. The van der Waals surface area contributed by atoms with E-state index in [2.05, 4.69) is 41.3 Å². The summed E-state index contributed by atoms with van der Waals surface area (Å²) in [5.41, 5.74) is 8.57. The number of hydrogen-bond acceptors (Lipinski definition) is 2. The Balaban J connectivity index is 2.20. The monoisotopic (exact) mass is 198 g/mol. The lowest BCUT2D eigenvalue weighted by molar-refractivity contribution is 0.294. The van der Waals surface area contributed by atoms with Crippen molar-refractivity contribution in [2.24, 2.45) is 5.73 Å². The van der Waals surface area contributed by atoms with Crippen molar-refractivity contribution in [2.75, 3.05) is 6.67 Å². The maximum absolute atomic E-state index is 5.68. The van der Waals surface area contributed by atoms with Gasteiger partial charge in [-0.1, -0.05) is 36.4 Å². The molecule has 76 valence electrons. The third kappa shape index (κ3) is 1.34. The molecule has 2 aromatic carbocycles. The second-order valence-electron chi connectivity index (χ2n) is 4.09. The van der Waals surface area contributed by atoms with E-state index in [1.807, 2.05) is 0 Å². The van der Waals surface area contributed by atoms with Gasteiger partial charge in [0.05, 0.1) is 0 Å². The molecule has 0 saturated carbocycles. The van der Waals surface area contributed by atoms with E-state index in [-0.39, 0.29) is 0 Å². The van der Waals surface area contributed by atoms with E-state index in [0.29, 0.717) is 6.67 Å². The Morgan fingerprint density at radius 1 is 1.07 bits per heavy atom. The van der Waals surface area contributed by atoms with E-state index in [9.17, 15) is 0 Å². The Morgan fingerprint density at radius 3 is 2.80 bits per heavy atom. The summed E-state index contributed by atoms with van der Waals surface area (Å²) in [4.78, 5) is 2.26. The highest BCUT2D eigenvalue weighted by atomic mass is 15.2. The molecule has 0 fully saturated rings. The number of hydrogen-bond donors (Lipinski definition) is 1. The van der Waals surface area contributed by atoms with Crippen LogP contribution in [0.25, 0.3) is 10.8 Å². The maximum atomic E-state index is 5.68. The molecule has 2 N–H and O–H groups in total. The van der Waals surface area contributed by atoms with Gasteiger partial charge in [0, 0.05) is 19.8 Å². The van der Waals surface area contributed by atoms with Crippen molar-refractivity contribution >= 4 is 10.8 Å². The summed E-state index contributed by atoms with van der Waals surface area (Å²) in [6.45, 7) is 2.63. The normalized spacial score (nSPS) is 15.8. The maximum Gasteiger partial charge on any atom is 0.0462 e. The van der Waals surface area contributed by atoms with Crippen molar-refractivity contribution in [1.29, 1.82) is 0 Å². The van der Waals surface area contributed by atoms with Gasteiger partial charge in [-0.3, -0.25) is 4.90 Å². The summed E-state index contributed by atoms with van der Waals surface area (Å²) >= 11 is 0. The van der Waals surface area contributed by atoms with E-state index in [1.54, 1.807) is 0 Å². The average Bonchev–Trinajstić information content (AvgIpc) is 2.72. The molecule has 2 nitrogen and oxygen atoms in total. The van der Waals surface area contributed by atoms with Crippen LogP contribution >= 0.6 is 0 Å². The molecule has 0 aliphatic carbocycles. The van der Waals surface area contributed by atoms with Gasteiger partial charge in [0.15, 0.2) is 0 Å². The molecule has 0 atom stereocenters. The summed E-state index contributed by atoms with van der Waals surface area (Å²) in [7, 11) is 0. The fourth-order valence-corrected chi connectivity index (χ4v) is 2.37. The van der Waals surface area contributed by atoms with Gasteiger partial charge in [-0.2, -0.15) is 0 Å². The molecule has 0 amide bonds. The summed E-state index contributed by atoms with van der Waals surface area (Å²) in [5.74, 6) is 0. The molecule has 0 aromatic heterocycles. The zero-order valence-electron chi connectivity index (χ0n) is 8.61. The van der Waals surface area contributed by atoms with E-state index >= 15 is 0 Å². The molecule has 0 bridgehead atoms. The first-order valence-electron chi connectivity index (χ1n) is 5.30. The number of rotatable bonds is 1. The van der Waals surface area contributed by atoms with Gasteiger partial charge in [-0.05, 0) is 21.9 Å². The fraction of sp³-hybridized carbons (Fsp3) is 0.231. The minimum atomic E-state index is 0.642. The molecular formula is C13H14N2. The van der Waals surface area contributed by atoms with Crippen molar-refractivity contribution in [1.82, 2.24) is 4.90 Å². The highest BCUT2D eigenvalue weighted by Crippen LogP contribution is 2.29. The first-order chi connectivity index (χ1) is 7.38. The smallest absolute Gasteiger partial charge is 0.0462 e. The van der Waals surface area contributed by atoms with E-state index in [1.165, 1.54) is 21.9 Å². The quantitative estimate of drug-likeness (QED) is 0.760. The van der Waals surface area contributed by atoms with E-state index in [0.717, 1.165) is 13.1 Å². The summed E-state index contributed by atoms with van der Waals surface area (Å²) in [5, 5.41) is 2.71. The molecule has 0 unspecified atom stereocenters. The van der Waals surface area contributed by atoms with Crippen LogP contribution < -0.4 is 5.73 Å². The number of nitrogens with two attached hydrogens (primary N) is 1. The molecule has 15 heavy (non-hydrogen) atoms. The topological polar surface area (TPSA) is 29.3 Å². The van der Waals surface area contributed by atoms with Crippen LogP contribution in [0.3, 0.4) is 0 Å². The molecule has 3 rings (SSSR count). The Hall–Kier alpha value is -1.38. The SMILES string of the molecule is NCN1Cc2ccc3ccccc3c2C1. The van der Waals surface area contributed by atoms with Crippen LogP contribution in [0.2, 0.25) is 0 Å². The van der Waals surface area contributed by atoms with Gasteiger partial charge in [-0.15, -0.1) is 0 Å². The Labute approximate surface area is 89.3 Å². The summed E-state index contributed by atoms with van der Waals surface area (Å²) < 4.78 is 0. The van der Waals surface area contributed by atoms with Crippen LogP contribution in [-0.4, -0.2) is 11.6 Å². The van der Waals surface area contributed by atoms with Crippen LogP contribution in [0, 0.1) is 0 Å². The van der Waals surface area contributed by atoms with Gasteiger partial charge >= 0.3 is 0 Å². The third-order valence-electron chi connectivity index (χ3n) is 3.17. The van der Waals surface area contributed by atoms with Crippen LogP contribution in [0.1, 0.15) is 11.1 Å². The fourth-order valence-electron chi connectivity index (χ4n) is 2.37. The Kier molecular flexibility index (Phi) is 1.97. The minimum absolute atomic E-state index is 0.642. The van der Waals surface area contributed by atoms with Crippen LogP contribution in [0.15, 0.2) is 36.4 Å². The first-order valence-corrected chi connectivity index (χ1v) is 5.30. The van der Waals surface area contributed by atoms with E-state index in [4.69, 9.17) is 5.73 Å². The Bertz CT molecular complexity index is 505. The molecule has 0 saturated heterocycles. The van der Waals surface area contributed by atoms with Crippen LogP contribution in [-0.2, 0) is 13.1 Å².